The maximum atomic E-state index is 12.2. The van der Waals surface area contributed by atoms with E-state index in [1.807, 2.05) is 44.2 Å². The van der Waals surface area contributed by atoms with Crippen LogP contribution in [0.4, 0.5) is 0 Å². The Hall–Kier alpha value is -1.33. The fourth-order valence-corrected chi connectivity index (χ4v) is 3.27. The number of hydrogen-bond acceptors (Lipinski definition) is 3. The molecule has 1 unspecified atom stereocenters. The minimum Gasteiger partial charge on any atom is -0.497 e. The van der Waals surface area contributed by atoms with Crippen LogP contribution in [-0.4, -0.2) is 13.0 Å². The average Bonchev–Trinajstić information content (AvgIpc) is 2.79. The van der Waals surface area contributed by atoms with Gasteiger partial charge in [0.1, 0.15) is 5.75 Å². The zero-order chi connectivity index (χ0) is 14.7. The quantitative estimate of drug-likeness (QED) is 0.888. The first-order valence-electron chi connectivity index (χ1n) is 6.22. The summed E-state index contributed by atoms with van der Waals surface area (Å²) in [5, 5.41) is 3.00. The highest BCUT2D eigenvalue weighted by Gasteiger charge is 2.15. The number of aryl methyl sites for hydroxylation is 1. The van der Waals surface area contributed by atoms with Crippen LogP contribution in [0.5, 0.6) is 5.75 Å². The first-order chi connectivity index (χ1) is 9.51. The molecule has 5 heteroatoms. The summed E-state index contributed by atoms with van der Waals surface area (Å²) < 4.78 is 6.19. The van der Waals surface area contributed by atoms with Gasteiger partial charge in [0.25, 0.3) is 5.91 Å². The molecule has 106 valence electrons. The predicted octanol–water partition coefficient (Wildman–Crippen LogP) is 4.32. The molecule has 0 spiro atoms. The van der Waals surface area contributed by atoms with Gasteiger partial charge in [-0.15, -0.1) is 11.3 Å². The molecule has 0 aliphatic rings. The number of carbonyl (C=O) groups is 1. The Morgan fingerprint density at radius 2 is 2.15 bits per heavy atom. The van der Waals surface area contributed by atoms with Gasteiger partial charge >= 0.3 is 0 Å². The highest BCUT2D eigenvalue weighted by Crippen LogP contribution is 2.28. The molecule has 1 amide bonds. The summed E-state index contributed by atoms with van der Waals surface area (Å²) >= 11 is 4.88. The number of benzene rings is 1. The summed E-state index contributed by atoms with van der Waals surface area (Å²) in [5.74, 6) is 0.734. The number of methoxy groups -OCH3 is 1. The van der Waals surface area contributed by atoms with Gasteiger partial charge in [-0.25, -0.2) is 0 Å². The molecule has 2 rings (SSSR count). The molecule has 1 heterocycles. The Kier molecular flexibility index (Phi) is 4.83. The van der Waals surface area contributed by atoms with Crippen LogP contribution in [0.2, 0.25) is 0 Å². The van der Waals surface area contributed by atoms with Crippen molar-refractivity contribution >= 4 is 33.2 Å². The molecule has 0 fully saturated rings. The van der Waals surface area contributed by atoms with Crippen molar-refractivity contribution in [2.45, 2.75) is 19.9 Å². The first kappa shape index (κ1) is 15.1. The van der Waals surface area contributed by atoms with E-state index in [9.17, 15) is 4.79 Å². The molecular weight excluding hydrogens is 338 g/mol. The topological polar surface area (TPSA) is 38.3 Å². The zero-order valence-corrected chi connectivity index (χ0v) is 14.0. The number of amides is 1. The smallest absolute Gasteiger partial charge is 0.261 e. The number of carbonyl (C=O) groups excluding carboxylic acids is 1. The predicted molar refractivity (Wildman–Crippen MR) is 85.6 cm³/mol. The summed E-state index contributed by atoms with van der Waals surface area (Å²) in [4.78, 5) is 12.9. The molecule has 1 N–H and O–H groups in total. The molecule has 1 atom stereocenters. The normalized spacial score (nSPS) is 12.0. The summed E-state index contributed by atoms with van der Waals surface area (Å²) in [6.45, 7) is 3.94. The number of hydrogen-bond donors (Lipinski definition) is 1. The second kappa shape index (κ2) is 6.41. The molecule has 0 aliphatic heterocycles. The van der Waals surface area contributed by atoms with Gasteiger partial charge in [0.05, 0.1) is 21.8 Å². The number of halogens is 1. The Balaban J connectivity index is 2.10. The molecule has 0 saturated carbocycles. The molecule has 2 aromatic rings. The standard InChI is InChI=1S/C15H16BrNO2S/c1-9-7-13(20-14(9)16)15(18)17-10(2)11-5-4-6-12(8-11)19-3/h4-8,10H,1-3H3,(H,17,18). The van der Waals surface area contributed by atoms with Crippen molar-refractivity contribution in [2.75, 3.05) is 7.11 Å². The third kappa shape index (κ3) is 3.41. The van der Waals surface area contributed by atoms with Crippen LogP contribution in [-0.2, 0) is 0 Å². The van der Waals surface area contributed by atoms with Gasteiger partial charge < -0.3 is 10.1 Å². The number of rotatable bonds is 4. The van der Waals surface area contributed by atoms with E-state index in [0.717, 1.165) is 20.7 Å². The van der Waals surface area contributed by atoms with Gasteiger partial charge in [-0.3, -0.25) is 4.79 Å². The van der Waals surface area contributed by atoms with Crippen molar-refractivity contribution in [2.24, 2.45) is 0 Å². The molecule has 1 aromatic carbocycles. The van der Waals surface area contributed by atoms with Crippen molar-refractivity contribution in [1.82, 2.24) is 5.32 Å². The lowest BCUT2D eigenvalue weighted by Crippen LogP contribution is -2.25. The summed E-state index contributed by atoms with van der Waals surface area (Å²) in [5.41, 5.74) is 2.10. The SMILES string of the molecule is COc1cccc(C(C)NC(=O)c2cc(C)c(Br)s2)c1. The molecule has 20 heavy (non-hydrogen) atoms. The van der Waals surface area contributed by atoms with Crippen LogP contribution in [0.25, 0.3) is 0 Å². The Labute approximate surface area is 131 Å². The molecular formula is C15H16BrNO2S. The first-order valence-corrected chi connectivity index (χ1v) is 7.83. The highest BCUT2D eigenvalue weighted by molar-refractivity contribution is 9.11. The molecule has 0 saturated heterocycles. The molecule has 3 nitrogen and oxygen atoms in total. The Morgan fingerprint density at radius 1 is 1.40 bits per heavy atom. The molecule has 0 aliphatic carbocycles. The monoisotopic (exact) mass is 353 g/mol. The zero-order valence-electron chi connectivity index (χ0n) is 11.6. The molecule has 0 radical (unpaired) electrons. The van der Waals surface area contributed by atoms with Crippen LogP contribution >= 0.6 is 27.3 Å². The number of ether oxygens (including phenoxy) is 1. The van der Waals surface area contributed by atoms with E-state index in [1.54, 1.807) is 7.11 Å². The van der Waals surface area contributed by atoms with Gasteiger partial charge in [-0.05, 0) is 59.1 Å². The van der Waals surface area contributed by atoms with Crippen LogP contribution in [0.1, 0.15) is 33.8 Å². The van der Waals surface area contributed by atoms with Crippen LogP contribution in [0.15, 0.2) is 34.1 Å². The van der Waals surface area contributed by atoms with E-state index in [4.69, 9.17) is 4.74 Å². The molecule has 0 bridgehead atoms. The fourth-order valence-electron chi connectivity index (χ4n) is 1.83. The van der Waals surface area contributed by atoms with E-state index in [0.29, 0.717) is 4.88 Å². The lowest BCUT2D eigenvalue weighted by molar-refractivity contribution is 0.0944. The van der Waals surface area contributed by atoms with Gasteiger partial charge in [0.15, 0.2) is 0 Å². The number of nitrogens with one attached hydrogen (secondary N) is 1. The third-order valence-electron chi connectivity index (χ3n) is 3.02. The Morgan fingerprint density at radius 3 is 2.75 bits per heavy atom. The van der Waals surface area contributed by atoms with E-state index < -0.39 is 0 Å². The van der Waals surface area contributed by atoms with Gasteiger partial charge in [0.2, 0.25) is 0 Å². The Bertz CT molecular complexity index is 605. The van der Waals surface area contributed by atoms with E-state index in [-0.39, 0.29) is 11.9 Å². The highest BCUT2D eigenvalue weighted by atomic mass is 79.9. The second-order valence-electron chi connectivity index (χ2n) is 4.54. The largest absolute Gasteiger partial charge is 0.497 e. The fraction of sp³-hybridized carbons (Fsp3) is 0.267. The lowest BCUT2D eigenvalue weighted by atomic mass is 10.1. The van der Waals surface area contributed by atoms with Gasteiger partial charge in [-0.2, -0.15) is 0 Å². The van der Waals surface area contributed by atoms with E-state index in [1.165, 1.54) is 11.3 Å². The second-order valence-corrected chi connectivity index (χ2v) is 6.91. The van der Waals surface area contributed by atoms with Crippen LogP contribution < -0.4 is 10.1 Å². The van der Waals surface area contributed by atoms with Gasteiger partial charge in [0, 0.05) is 0 Å². The van der Waals surface area contributed by atoms with Gasteiger partial charge in [-0.1, -0.05) is 12.1 Å². The third-order valence-corrected chi connectivity index (χ3v) is 5.16. The summed E-state index contributed by atoms with van der Waals surface area (Å²) in [6, 6.07) is 9.53. The van der Waals surface area contributed by atoms with Crippen molar-refractivity contribution in [3.8, 4) is 5.75 Å². The van der Waals surface area contributed by atoms with Crippen molar-refractivity contribution in [3.05, 3.63) is 50.1 Å². The maximum absolute atomic E-state index is 12.2. The van der Waals surface area contributed by atoms with Crippen molar-refractivity contribution in [3.63, 3.8) is 0 Å². The van der Waals surface area contributed by atoms with Crippen LogP contribution in [0, 0.1) is 6.92 Å². The van der Waals surface area contributed by atoms with E-state index >= 15 is 0 Å². The summed E-state index contributed by atoms with van der Waals surface area (Å²) in [6.07, 6.45) is 0. The molecule has 1 aromatic heterocycles. The van der Waals surface area contributed by atoms with Crippen molar-refractivity contribution < 1.29 is 9.53 Å². The average molecular weight is 354 g/mol. The number of thiophene rings is 1. The maximum Gasteiger partial charge on any atom is 0.261 e. The van der Waals surface area contributed by atoms with E-state index in [2.05, 4.69) is 21.2 Å². The van der Waals surface area contributed by atoms with Crippen LogP contribution in [0.3, 0.4) is 0 Å². The lowest BCUT2D eigenvalue weighted by Gasteiger charge is -2.14. The minimum absolute atomic E-state index is 0.0564. The van der Waals surface area contributed by atoms with Crippen molar-refractivity contribution in [1.29, 1.82) is 0 Å². The minimum atomic E-state index is -0.0706. The summed E-state index contributed by atoms with van der Waals surface area (Å²) in [7, 11) is 1.63.